The summed E-state index contributed by atoms with van der Waals surface area (Å²) in [4.78, 5) is 11.4. The van der Waals surface area contributed by atoms with E-state index in [2.05, 4.69) is 16.7 Å². The van der Waals surface area contributed by atoms with Crippen molar-refractivity contribution >= 4 is 5.91 Å². The smallest absolute Gasteiger partial charge is 0.233 e. The van der Waals surface area contributed by atoms with Crippen molar-refractivity contribution in [1.82, 2.24) is 10.6 Å². The van der Waals surface area contributed by atoms with Crippen LogP contribution in [0.4, 0.5) is 0 Å². The number of amides is 1. The SMILES string of the molecule is O=C(CNCC1=CCCOC1)NCC1CC1. The lowest BCUT2D eigenvalue weighted by atomic mass is 10.2. The molecule has 0 saturated heterocycles. The second-order valence-electron chi connectivity index (χ2n) is 4.55. The van der Waals surface area contributed by atoms with Crippen LogP contribution in [0.3, 0.4) is 0 Å². The van der Waals surface area contributed by atoms with Gasteiger partial charge in [-0.1, -0.05) is 6.08 Å². The van der Waals surface area contributed by atoms with Crippen LogP contribution in [-0.4, -0.2) is 38.8 Å². The minimum atomic E-state index is 0.101. The Morgan fingerprint density at radius 3 is 3.06 bits per heavy atom. The number of hydrogen-bond donors (Lipinski definition) is 2. The monoisotopic (exact) mass is 224 g/mol. The lowest BCUT2D eigenvalue weighted by molar-refractivity contribution is -0.120. The standard InChI is InChI=1S/C12H20N2O2/c15-12(14-7-10-3-4-10)8-13-6-11-2-1-5-16-9-11/h2,10,13H,1,3-9H2,(H,14,15). The summed E-state index contributed by atoms with van der Waals surface area (Å²) in [5.41, 5.74) is 1.25. The van der Waals surface area contributed by atoms with Crippen LogP contribution >= 0.6 is 0 Å². The van der Waals surface area contributed by atoms with Gasteiger partial charge in [-0.15, -0.1) is 0 Å². The van der Waals surface area contributed by atoms with Crippen LogP contribution in [0.5, 0.6) is 0 Å². The van der Waals surface area contributed by atoms with E-state index in [1.54, 1.807) is 0 Å². The summed E-state index contributed by atoms with van der Waals surface area (Å²) in [6.45, 7) is 3.55. The third-order valence-electron chi connectivity index (χ3n) is 2.91. The number of ether oxygens (including phenoxy) is 1. The van der Waals surface area contributed by atoms with Crippen LogP contribution in [0.1, 0.15) is 19.3 Å². The highest BCUT2D eigenvalue weighted by molar-refractivity contribution is 5.78. The highest BCUT2D eigenvalue weighted by Crippen LogP contribution is 2.27. The van der Waals surface area contributed by atoms with Crippen molar-refractivity contribution in [1.29, 1.82) is 0 Å². The summed E-state index contributed by atoms with van der Waals surface area (Å²) < 4.78 is 5.32. The van der Waals surface area contributed by atoms with E-state index in [1.807, 2.05) is 0 Å². The van der Waals surface area contributed by atoms with Crippen LogP contribution in [0, 0.1) is 5.92 Å². The van der Waals surface area contributed by atoms with Crippen molar-refractivity contribution in [3.8, 4) is 0 Å². The van der Waals surface area contributed by atoms with E-state index in [4.69, 9.17) is 4.74 Å². The van der Waals surface area contributed by atoms with Crippen LogP contribution in [0.2, 0.25) is 0 Å². The van der Waals surface area contributed by atoms with Crippen molar-refractivity contribution in [3.63, 3.8) is 0 Å². The minimum Gasteiger partial charge on any atom is -0.377 e. The summed E-state index contributed by atoms with van der Waals surface area (Å²) in [5, 5.41) is 6.07. The normalized spacial score (nSPS) is 20.4. The number of carbonyl (C=O) groups is 1. The molecule has 16 heavy (non-hydrogen) atoms. The Morgan fingerprint density at radius 1 is 1.50 bits per heavy atom. The molecule has 1 saturated carbocycles. The molecule has 1 heterocycles. The van der Waals surface area contributed by atoms with Crippen molar-refractivity contribution in [2.45, 2.75) is 19.3 Å². The quantitative estimate of drug-likeness (QED) is 0.644. The van der Waals surface area contributed by atoms with E-state index in [0.717, 1.165) is 32.0 Å². The van der Waals surface area contributed by atoms with Gasteiger partial charge in [0.15, 0.2) is 0 Å². The van der Waals surface area contributed by atoms with Gasteiger partial charge >= 0.3 is 0 Å². The Morgan fingerprint density at radius 2 is 2.38 bits per heavy atom. The molecule has 2 aliphatic rings. The molecule has 4 nitrogen and oxygen atoms in total. The fourth-order valence-electron chi connectivity index (χ4n) is 1.71. The number of nitrogens with one attached hydrogen (secondary N) is 2. The van der Waals surface area contributed by atoms with Crippen molar-refractivity contribution in [2.75, 3.05) is 32.8 Å². The van der Waals surface area contributed by atoms with Crippen LogP contribution < -0.4 is 10.6 Å². The third kappa shape index (κ3) is 4.33. The van der Waals surface area contributed by atoms with E-state index in [9.17, 15) is 4.79 Å². The predicted octanol–water partition coefficient (Wildman–Crippen LogP) is 0.449. The molecule has 0 bridgehead atoms. The van der Waals surface area contributed by atoms with E-state index >= 15 is 0 Å². The predicted molar refractivity (Wildman–Crippen MR) is 62.1 cm³/mol. The first-order valence-corrected chi connectivity index (χ1v) is 6.07. The van der Waals surface area contributed by atoms with Gasteiger partial charge in [-0.25, -0.2) is 0 Å². The minimum absolute atomic E-state index is 0.101. The Balaban J connectivity index is 1.52. The van der Waals surface area contributed by atoms with Gasteiger partial charge in [-0.3, -0.25) is 4.79 Å². The Bertz CT molecular complexity index is 272. The van der Waals surface area contributed by atoms with Gasteiger partial charge in [-0.2, -0.15) is 0 Å². The van der Waals surface area contributed by atoms with Gasteiger partial charge in [0, 0.05) is 13.1 Å². The molecular weight excluding hydrogens is 204 g/mol. The second kappa shape index (κ2) is 6.01. The van der Waals surface area contributed by atoms with Crippen molar-refractivity contribution in [2.24, 2.45) is 5.92 Å². The number of rotatable bonds is 6. The molecule has 0 unspecified atom stereocenters. The topological polar surface area (TPSA) is 50.4 Å². The number of hydrogen-bond acceptors (Lipinski definition) is 3. The average molecular weight is 224 g/mol. The molecule has 0 spiro atoms. The summed E-state index contributed by atoms with van der Waals surface area (Å²) >= 11 is 0. The maximum atomic E-state index is 11.4. The largest absolute Gasteiger partial charge is 0.377 e. The van der Waals surface area contributed by atoms with Gasteiger partial charge in [0.2, 0.25) is 5.91 Å². The average Bonchev–Trinajstić information content (AvgIpc) is 3.12. The highest BCUT2D eigenvalue weighted by Gasteiger charge is 2.21. The summed E-state index contributed by atoms with van der Waals surface area (Å²) in [6.07, 6.45) is 5.74. The third-order valence-corrected chi connectivity index (χ3v) is 2.91. The summed E-state index contributed by atoms with van der Waals surface area (Å²) in [5.74, 6) is 0.850. The molecule has 4 heteroatoms. The van der Waals surface area contributed by atoms with Gasteiger partial charge in [0.05, 0.1) is 19.8 Å². The molecule has 2 N–H and O–H groups in total. The van der Waals surface area contributed by atoms with Crippen LogP contribution in [-0.2, 0) is 9.53 Å². The summed E-state index contributed by atoms with van der Waals surface area (Å²) in [6, 6.07) is 0. The van der Waals surface area contributed by atoms with Crippen molar-refractivity contribution in [3.05, 3.63) is 11.6 Å². The first kappa shape index (κ1) is 11.6. The fourth-order valence-corrected chi connectivity index (χ4v) is 1.71. The maximum Gasteiger partial charge on any atom is 0.233 e. The zero-order valence-corrected chi connectivity index (χ0v) is 9.63. The van der Waals surface area contributed by atoms with E-state index < -0.39 is 0 Å². The van der Waals surface area contributed by atoms with E-state index in [0.29, 0.717) is 13.2 Å². The van der Waals surface area contributed by atoms with E-state index in [-0.39, 0.29) is 5.91 Å². The molecule has 0 aromatic carbocycles. The molecule has 1 amide bonds. The molecule has 1 fully saturated rings. The lowest BCUT2D eigenvalue weighted by Gasteiger charge is -2.14. The Labute approximate surface area is 96.4 Å². The molecule has 90 valence electrons. The first-order chi connectivity index (χ1) is 7.84. The van der Waals surface area contributed by atoms with E-state index in [1.165, 1.54) is 18.4 Å². The van der Waals surface area contributed by atoms with Gasteiger partial charge in [-0.05, 0) is 30.8 Å². The lowest BCUT2D eigenvalue weighted by Crippen LogP contribution is -2.36. The number of carbonyl (C=O) groups excluding carboxylic acids is 1. The van der Waals surface area contributed by atoms with Gasteiger partial charge in [0.25, 0.3) is 0 Å². The molecule has 0 atom stereocenters. The van der Waals surface area contributed by atoms with Crippen molar-refractivity contribution < 1.29 is 9.53 Å². The zero-order valence-electron chi connectivity index (χ0n) is 9.63. The molecule has 1 aliphatic heterocycles. The highest BCUT2D eigenvalue weighted by atomic mass is 16.5. The van der Waals surface area contributed by atoms with Gasteiger partial charge < -0.3 is 15.4 Å². The first-order valence-electron chi connectivity index (χ1n) is 6.07. The Hall–Kier alpha value is -0.870. The molecule has 0 aromatic rings. The Kier molecular flexibility index (Phi) is 4.36. The molecular formula is C12H20N2O2. The van der Waals surface area contributed by atoms with Crippen LogP contribution in [0.15, 0.2) is 11.6 Å². The maximum absolute atomic E-state index is 11.4. The molecule has 2 rings (SSSR count). The molecule has 1 aliphatic carbocycles. The second-order valence-corrected chi connectivity index (χ2v) is 4.55. The zero-order chi connectivity index (χ0) is 11.2. The molecule has 0 aromatic heterocycles. The summed E-state index contributed by atoms with van der Waals surface area (Å²) in [7, 11) is 0. The fraction of sp³-hybridized carbons (Fsp3) is 0.750. The molecule has 0 radical (unpaired) electrons. The van der Waals surface area contributed by atoms with Crippen LogP contribution in [0.25, 0.3) is 0 Å². The van der Waals surface area contributed by atoms with Gasteiger partial charge in [0.1, 0.15) is 0 Å².